The second-order valence-corrected chi connectivity index (χ2v) is 7.36. The summed E-state index contributed by atoms with van der Waals surface area (Å²) in [4.78, 5) is 27.6. The maximum Gasteiger partial charge on any atom is 0.253 e. The molecule has 5 heteroatoms. The van der Waals surface area contributed by atoms with Gasteiger partial charge in [0, 0.05) is 31.1 Å². The number of ether oxygens (including phenoxy) is 1. The second-order valence-electron chi connectivity index (χ2n) is 7.36. The lowest BCUT2D eigenvalue weighted by atomic mass is 9.88. The van der Waals surface area contributed by atoms with Gasteiger partial charge >= 0.3 is 0 Å². The van der Waals surface area contributed by atoms with E-state index in [0.717, 1.165) is 23.3 Å². The van der Waals surface area contributed by atoms with Gasteiger partial charge in [-0.2, -0.15) is 0 Å². The van der Waals surface area contributed by atoms with Crippen LogP contribution in [0, 0.1) is 12.8 Å². The topological polar surface area (TPSA) is 58.6 Å². The van der Waals surface area contributed by atoms with Gasteiger partial charge in [0.1, 0.15) is 5.75 Å². The number of benzene rings is 2. The molecule has 0 bridgehead atoms. The summed E-state index contributed by atoms with van der Waals surface area (Å²) >= 11 is 0. The van der Waals surface area contributed by atoms with Crippen LogP contribution in [-0.2, 0) is 4.79 Å². The van der Waals surface area contributed by atoms with Crippen LogP contribution in [0.2, 0.25) is 0 Å². The van der Waals surface area contributed by atoms with E-state index in [9.17, 15) is 9.59 Å². The van der Waals surface area contributed by atoms with E-state index >= 15 is 0 Å². The van der Waals surface area contributed by atoms with Crippen LogP contribution in [0.15, 0.2) is 48.5 Å². The molecule has 5 nitrogen and oxygen atoms in total. The number of amides is 2. The number of carbonyl (C=O) groups excluding carboxylic acids is 2. The molecule has 0 aliphatic carbocycles. The molecule has 0 spiro atoms. The molecule has 3 rings (SSSR count). The molecule has 2 aromatic rings. The van der Waals surface area contributed by atoms with Crippen molar-refractivity contribution in [3.8, 4) is 5.75 Å². The number of methoxy groups -OCH3 is 1. The molecule has 2 unspecified atom stereocenters. The zero-order valence-corrected chi connectivity index (χ0v) is 16.8. The molecule has 28 heavy (non-hydrogen) atoms. The smallest absolute Gasteiger partial charge is 0.253 e. The number of aryl methyl sites for hydroxylation is 1. The Hall–Kier alpha value is -2.82. The van der Waals surface area contributed by atoms with Gasteiger partial charge in [-0.1, -0.05) is 36.8 Å². The first-order valence-electron chi connectivity index (χ1n) is 9.81. The molecule has 1 saturated heterocycles. The quantitative estimate of drug-likeness (QED) is 0.836. The number of nitrogens with zero attached hydrogens (tertiary/aromatic N) is 1. The van der Waals surface area contributed by atoms with Crippen LogP contribution in [0.25, 0.3) is 0 Å². The van der Waals surface area contributed by atoms with Gasteiger partial charge in [0.25, 0.3) is 5.91 Å². The standard InChI is InChI=1S/C23H28N2O3/c1-4-12-24-22(26)21-15-25(23(27)17-10-8-16(2)9-11-17)14-20(21)18-6-5-7-19(13-18)28-3/h5-11,13,20-21H,4,12,14-15H2,1-3H3,(H,24,26). The van der Waals surface area contributed by atoms with E-state index in [0.29, 0.717) is 25.2 Å². The van der Waals surface area contributed by atoms with E-state index in [1.165, 1.54) is 0 Å². The Kier molecular flexibility index (Phi) is 6.34. The molecule has 1 heterocycles. The third-order valence-electron chi connectivity index (χ3n) is 5.31. The molecule has 2 aromatic carbocycles. The molecule has 0 radical (unpaired) electrons. The zero-order valence-electron chi connectivity index (χ0n) is 16.8. The van der Waals surface area contributed by atoms with Gasteiger partial charge in [0.15, 0.2) is 0 Å². The number of nitrogens with one attached hydrogen (secondary N) is 1. The van der Waals surface area contributed by atoms with E-state index < -0.39 is 0 Å². The first kappa shape index (κ1) is 19.9. The predicted molar refractivity (Wildman–Crippen MR) is 110 cm³/mol. The van der Waals surface area contributed by atoms with Crippen molar-refractivity contribution >= 4 is 11.8 Å². The monoisotopic (exact) mass is 380 g/mol. The molecule has 148 valence electrons. The van der Waals surface area contributed by atoms with Crippen molar-refractivity contribution in [1.29, 1.82) is 0 Å². The van der Waals surface area contributed by atoms with Gasteiger partial charge in [-0.25, -0.2) is 0 Å². The highest BCUT2D eigenvalue weighted by Crippen LogP contribution is 2.35. The maximum atomic E-state index is 13.0. The Bertz CT molecular complexity index is 832. The average Bonchev–Trinajstić information content (AvgIpc) is 3.17. The van der Waals surface area contributed by atoms with Crippen molar-refractivity contribution in [2.45, 2.75) is 26.2 Å². The summed E-state index contributed by atoms with van der Waals surface area (Å²) in [6, 6.07) is 15.4. The van der Waals surface area contributed by atoms with E-state index in [1.54, 1.807) is 12.0 Å². The minimum absolute atomic E-state index is 0.00822. The average molecular weight is 380 g/mol. The van der Waals surface area contributed by atoms with Gasteiger partial charge < -0.3 is 15.0 Å². The summed E-state index contributed by atoms with van der Waals surface area (Å²) < 4.78 is 5.35. The summed E-state index contributed by atoms with van der Waals surface area (Å²) in [5.41, 5.74) is 2.80. The second kappa shape index (κ2) is 8.91. The normalized spacial score (nSPS) is 18.8. The summed E-state index contributed by atoms with van der Waals surface area (Å²) in [6.07, 6.45) is 0.883. The molecule has 1 aliphatic rings. The van der Waals surface area contributed by atoms with Gasteiger partial charge in [-0.05, 0) is 43.2 Å². The maximum absolute atomic E-state index is 13.0. The molecular weight excluding hydrogens is 352 g/mol. The SMILES string of the molecule is CCCNC(=O)C1CN(C(=O)c2ccc(C)cc2)CC1c1cccc(OC)c1. The van der Waals surface area contributed by atoms with Gasteiger partial charge in [0.2, 0.25) is 5.91 Å². The van der Waals surface area contributed by atoms with E-state index in [4.69, 9.17) is 4.74 Å². The van der Waals surface area contributed by atoms with Crippen molar-refractivity contribution in [2.24, 2.45) is 5.92 Å². The number of hydrogen-bond acceptors (Lipinski definition) is 3. The minimum atomic E-state index is -0.270. The molecule has 1 N–H and O–H groups in total. The Morgan fingerprint density at radius 2 is 1.89 bits per heavy atom. The lowest BCUT2D eigenvalue weighted by Gasteiger charge is -2.18. The van der Waals surface area contributed by atoms with Crippen LogP contribution in [0.3, 0.4) is 0 Å². The van der Waals surface area contributed by atoms with Crippen LogP contribution >= 0.6 is 0 Å². The fourth-order valence-corrected chi connectivity index (χ4v) is 3.70. The number of hydrogen-bond donors (Lipinski definition) is 1. The highest BCUT2D eigenvalue weighted by atomic mass is 16.5. The summed E-state index contributed by atoms with van der Waals surface area (Å²) in [5.74, 6) is 0.413. The van der Waals surface area contributed by atoms with Crippen LogP contribution in [0.5, 0.6) is 5.75 Å². The molecule has 2 amide bonds. The van der Waals surface area contributed by atoms with E-state index in [2.05, 4.69) is 5.32 Å². The summed E-state index contributed by atoms with van der Waals surface area (Å²) in [6.45, 7) is 5.61. The van der Waals surface area contributed by atoms with Crippen LogP contribution in [0.1, 0.15) is 40.7 Å². The summed E-state index contributed by atoms with van der Waals surface area (Å²) in [5, 5.41) is 3.00. The highest BCUT2D eigenvalue weighted by Gasteiger charge is 2.40. The third kappa shape index (κ3) is 4.35. The van der Waals surface area contributed by atoms with E-state index in [1.807, 2.05) is 62.4 Å². The van der Waals surface area contributed by atoms with Gasteiger partial charge in [-0.3, -0.25) is 9.59 Å². The molecular formula is C23H28N2O3. The van der Waals surface area contributed by atoms with Crippen molar-refractivity contribution < 1.29 is 14.3 Å². The Morgan fingerprint density at radius 3 is 2.57 bits per heavy atom. The minimum Gasteiger partial charge on any atom is -0.497 e. The molecule has 0 aromatic heterocycles. The zero-order chi connectivity index (χ0) is 20.1. The lowest BCUT2D eigenvalue weighted by molar-refractivity contribution is -0.124. The highest BCUT2D eigenvalue weighted by molar-refractivity contribution is 5.95. The van der Waals surface area contributed by atoms with Crippen LogP contribution < -0.4 is 10.1 Å². The Morgan fingerprint density at radius 1 is 1.14 bits per heavy atom. The van der Waals surface area contributed by atoms with Gasteiger partial charge in [0.05, 0.1) is 13.0 Å². The summed E-state index contributed by atoms with van der Waals surface area (Å²) in [7, 11) is 1.63. The van der Waals surface area contributed by atoms with E-state index in [-0.39, 0.29) is 23.7 Å². The van der Waals surface area contributed by atoms with Crippen LogP contribution in [-0.4, -0.2) is 43.5 Å². The number of carbonyl (C=O) groups is 2. The Labute approximate surface area is 166 Å². The largest absolute Gasteiger partial charge is 0.497 e. The number of rotatable bonds is 6. The fourth-order valence-electron chi connectivity index (χ4n) is 3.70. The first-order valence-corrected chi connectivity index (χ1v) is 9.81. The molecule has 2 atom stereocenters. The van der Waals surface area contributed by atoms with Crippen molar-refractivity contribution in [3.05, 3.63) is 65.2 Å². The molecule has 1 fully saturated rings. The first-order chi connectivity index (χ1) is 13.5. The predicted octanol–water partition coefficient (Wildman–Crippen LogP) is 3.39. The molecule has 0 saturated carbocycles. The number of likely N-dealkylation sites (tertiary alicyclic amines) is 1. The van der Waals surface area contributed by atoms with Gasteiger partial charge in [-0.15, -0.1) is 0 Å². The lowest BCUT2D eigenvalue weighted by Crippen LogP contribution is -2.36. The van der Waals surface area contributed by atoms with Crippen molar-refractivity contribution in [1.82, 2.24) is 10.2 Å². The van der Waals surface area contributed by atoms with Crippen LogP contribution in [0.4, 0.5) is 0 Å². The van der Waals surface area contributed by atoms with Crippen molar-refractivity contribution in [2.75, 3.05) is 26.7 Å². The molecule has 1 aliphatic heterocycles. The third-order valence-corrected chi connectivity index (χ3v) is 5.31. The fraction of sp³-hybridized carbons (Fsp3) is 0.391. The van der Waals surface area contributed by atoms with Crippen molar-refractivity contribution in [3.63, 3.8) is 0 Å². The Balaban J connectivity index is 1.86.